The highest BCUT2D eigenvalue weighted by Crippen LogP contribution is 2.30. The third kappa shape index (κ3) is 3.25. The highest BCUT2D eigenvalue weighted by atomic mass is 35.5. The smallest absolute Gasteiger partial charge is 0.244 e. The number of pyridine rings is 1. The van der Waals surface area contributed by atoms with Gasteiger partial charge in [0.15, 0.2) is 0 Å². The summed E-state index contributed by atoms with van der Waals surface area (Å²) in [4.78, 5) is 3.72. The van der Waals surface area contributed by atoms with Crippen molar-refractivity contribution in [2.45, 2.75) is 42.5 Å². The van der Waals surface area contributed by atoms with Crippen LogP contribution >= 0.6 is 11.6 Å². The van der Waals surface area contributed by atoms with Crippen LogP contribution in [0.2, 0.25) is 5.15 Å². The van der Waals surface area contributed by atoms with Gasteiger partial charge in [0.1, 0.15) is 10.0 Å². The van der Waals surface area contributed by atoms with Crippen molar-refractivity contribution < 1.29 is 13.5 Å². The Morgan fingerprint density at radius 3 is 2.63 bits per heavy atom. The maximum Gasteiger partial charge on any atom is 0.244 e. The van der Waals surface area contributed by atoms with Crippen LogP contribution in [0.1, 0.15) is 32.1 Å². The molecule has 1 saturated carbocycles. The van der Waals surface area contributed by atoms with E-state index in [-0.39, 0.29) is 16.7 Å². The predicted octanol–water partition coefficient (Wildman–Crippen LogP) is 1.71. The number of nitrogens with zero attached hydrogens (tertiary/aromatic N) is 1. The molecule has 2 rings (SSSR count). The van der Waals surface area contributed by atoms with Gasteiger partial charge in [-0.3, -0.25) is 0 Å². The molecule has 0 amide bonds. The molecule has 7 heteroatoms. The summed E-state index contributed by atoms with van der Waals surface area (Å²) in [5.74, 6) is 0. The van der Waals surface area contributed by atoms with Gasteiger partial charge < -0.3 is 5.11 Å². The molecule has 1 aromatic rings. The zero-order valence-electron chi connectivity index (χ0n) is 10.5. The molecule has 0 spiro atoms. The SMILES string of the molecule is O=S(=O)(NC1(CO)CCCCC1)c1cccnc1Cl. The quantitative estimate of drug-likeness (QED) is 0.830. The van der Waals surface area contributed by atoms with Crippen LogP contribution in [0, 0.1) is 0 Å². The number of halogens is 1. The minimum absolute atomic E-state index is 0.0462. The van der Waals surface area contributed by atoms with Crippen molar-refractivity contribution in [3.05, 3.63) is 23.5 Å². The van der Waals surface area contributed by atoms with E-state index in [0.29, 0.717) is 12.8 Å². The molecule has 0 atom stereocenters. The molecule has 0 aliphatic heterocycles. The topological polar surface area (TPSA) is 79.3 Å². The lowest BCUT2D eigenvalue weighted by atomic mass is 9.83. The standard InChI is InChI=1S/C12H17ClN2O3S/c13-11-10(5-4-8-14-11)19(17,18)15-12(9-16)6-2-1-3-7-12/h4-5,8,15-16H,1-3,6-7,9H2. The van der Waals surface area contributed by atoms with Gasteiger partial charge in [-0.05, 0) is 25.0 Å². The Bertz CT molecular complexity index is 542. The molecule has 1 aliphatic carbocycles. The van der Waals surface area contributed by atoms with Gasteiger partial charge in [-0.15, -0.1) is 0 Å². The molecule has 0 saturated heterocycles. The van der Waals surface area contributed by atoms with E-state index in [1.54, 1.807) is 0 Å². The fraction of sp³-hybridized carbons (Fsp3) is 0.583. The lowest BCUT2D eigenvalue weighted by molar-refractivity contribution is 0.142. The van der Waals surface area contributed by atoms with Crippen molar-refractivity contribution in [1.82, 2.24) is 9.71 Å². The molecule has 0 aromatic carbocycles. The molecular formula is C12H17ClN2O3S. The molecular weight excluding hydrogens is 288 g/mol. The summed E-state index contributed by atoms with van der Waals surface area (Å²) >= 11 is 5.82. The molecule has 2 N–H and O–H groups in total. The Morgan fingerprint density at radius 1 is 1.37 bits per heavy atom. The van der Waals surface area contributed by atoms with E-state index in [0.717, 1.165) is 19.3 Å². The van der Waals surface area contributed by atoms with Crippen LogP contribution in [0.4, 0.5) is 0 Å². The van der Waals surface area contributed by atoms with Crippen LogP contribution in [-0.2, 0) is 10.0 Å². The Balaban J connectivity index is 2.28. The molecule has 19 heavy (non-hydrogen) atoms. The maximum absolute atomic E-state index is 12.3. The second kappa shape index (κ2) is 5.75. The van der Waals surface area contributed by atoms with Gasteiger partial charge in [0.05, 0.1) is 12.1 Å². The first-order valence-corrected chi connectivity index (χ1v) is 8.11. The van der Waals surface area contributed by atoms with E-state index in [1.807, 2.05) is 0 Å². The van der Waals surface area contributed by atoms with Gasteiger partial charge in [-0.1, -0.05) is 30.9 Å². The Morgan fingerprint density at radius 2 is 2.05 bits per heavy atom. The zero-order valence-corrected chi connectivity index (χ0v) is 12.0. The van der Waals surface area contributed by atoms with Gasteiger partial charge in [-0.25, -0.2) is 18.1 Å². The van der Waals surface area contributed by atoms with Gasteiger partial charge in [0.2, 0.25) is 10.0 Å². The van der Waals surface area contributed by atoms with E-state index in [2.05, 4.69) is 9.71 Å². The van der Waals surface area contributed by atoms with Crippen LogP contribution in [0.15, 0.2) is 23.2 Å². The summed E-state index contributed by atoms with van der Waals surface area (Å²) in [5.41, 5.74) is -0.768. The lowest BCUT2D eigenvalue weighted by Gasteiger charge is -2.36. The van der Waals surface area contributed by atoms with E-state index >= 15 is 0 Å². The van der Waals surface area contributed by atoms with Crippen molar-refractivity contribution in [2.24, 2.45) is 0 Å². The van der Waals surface area contributed by atoms with Gasteiger partial charge in [-0.2, -0.15) is 0 Å². The van der Waals surface area contributed by atoms with Crippen LogP contribution in [0.3, 0.4) is 0 Å². The number of nitrogens with one attached hydrogen (secondary N) is 1. The molecule has 5 nitrogen and oxygen atoms in total. The number of hydrogen-bond acceptors (Lipinski definition) is 4. The summed E-state index contributed by atoms with van der Waals surface area (Å²) in [6.07, 6.45) is 5.59. The summed E-state index contributed by atoms with van der Waals surface area (Å²) in [6.45, 7) is -0.204. The Kier molecular flexibility index (Phi) is 4.45. The van der Waals surface area contributed by atoms with Crippen LogP contribution in [0.5, 0.6) is 0 Å². The molecule has 0 unspecified atom stereocenters. The third-order valence-electron chi connectivity index (χ3n) is 3.48. The lowest BCUT2D eigenvalue weighted by Crippen LogP contribution is -2.52. The summed E-state index contributed by atoms with van der Waals surface area (Å²) in [7, 11) is -3.77. The average Bonchev–Trinajstić information content (AvgIpc) is 2.39. The van der Waals surface area contributed by atoms with Gasteiger partial charge in [0.25, 0.3) is 0 Å². The number of aliphatic hydroxyl groups excluding tert-OH is 1. The molecule has 1 fully saturated rings. The van der Waals surface area contributed by atoms with Crippen LogP contribution in [0.25, 0.3) is 0 Å². The summed E-state index contributed by atoms with van der Waals surface area (Å²) < 4.78 is 27.3. The molecule has 0 radical (unpaired) electrons. The number of hydrogen-bond donors (Lipinski definition) is 2. The number of rotatable bonds is 4. The number of aromatic nitrogens is 1. The van der Waals surface area contributed by atoms with Crippen LogP contribution in [-0.4, -0.2) is 30.7 Å². The first-order chi connectivity index (χ1) is 8.99. The maximum atomic E-state index is 12.3. The molecule has 0 bridgehead atoms. The van der Waals surface area contributed by atoms with Crippen molar-refractivity contribution in [1.29, 1.82) is 0 Å². The molecule has 106 valence electrons. The second-order valence-electron chi connectivity index (χ2n) is 4.90. The monoisotopic (exact) mass is 304 g/mol. The van der Waals surface area contributed by atoms with Gasteiger partial charge >= 0.3 is 0 Å². The van der Waals surface area contributed by atoms with E-state index in [9.17, 15) is 13.5 Å². The predicted molar refractivity (Wildman–Crippen MR) is 72.5 cm³/mol. The summed E-state index contributed by atoms with van der Waals surface area (Å²) in [6, 6.07) is 2.93. The minimum Gasteiger partial charge on any atom is -0.394 e. The minimum atomic E-state index is -3.77. The van der Waals surface area contributed by atoms with Crippen molar-refractivity contribution in [3.8, 4) is 0 Å². The summed E-state index contributed by atoms with van der Waals surface area (Å²) in [5, 5.41) is 9.49. The fourth-order valence-corrected chi connectivity index (χ4v) is 4.34. The number of sulfonamides is 1. The van der Waals surface area contributed by atoms with Crippen molar-refractivity contribution in [2.75, 3.05) is 6.61 Å². The first-order valence-electron chi connectivity index (χ1n) is 6.24. The largest absolute Gasteiger partial charge is 0.394 e. The average molecular weight is 305 g/mol. The van der Waals surface area contributed by atoms with E-state index in [1.165, 1.54) is 18.3 Å². The Labute approximate surface area is 118 Å². The van der Waals surface area contributed by atoms with E-state index in [4.69, 9.17) is 11.6 Å². The molecule has 1 aliphatic rings. The van der Waals surface area contributed by atoms with E-state index < -0.39 is 15.6 Å². The molecule has 1 heterocycles. The van der Waals surface area contributed by atoms with Crippen molar-refractivity contribution >= 4 is 21.6 Å². The highest BCUT2D eigenvalue weighted by Gasteiger charge is 2.36. The third-order valence-corrected chi connectivity index (χ3v) is 5.50. The normalized spacial score (nSPS) is 19.3. The van der Waals surface area contributed by atoms with Crippen molar-refractivity contribution in [3.63, 3.8) is 0 Å². The number of aliphatic hydroxyl groups is 1. The Hall–Kier alpha value is -0.690. The first kappa shape index (κ1) is 14.7. The highest BCUT2D eigenvalue weighted by molar-refractivity contribution is 7.89. The van der Waals surface area contributed by atoms with Gasteiger partial charge in [0, 0.05) is 6.20 Å². The fourth-order valence-electron chi connectivity index (χ4n) is 2.43. The van der Waals surface area contributed by atoms with Crippen LogP contribution < -0.4 is 4.72 Å². The zero-order chi connectivity index (χ0) is 13.9. The second-order valence-corrected chi connectivity index (χ2v) is 6.91. The molecule has 1 aromatic heterocycles.